The Bertz CT molecular complexity index is 666. The van der Waals surface area contributed by atoms with E-state index in [0.717, 1.165) is 6.42 Å². The van der Waals surface area contributed by atoms with Crippen LogP contribution in [0.1, 0.15) is 16.0 Å². The largest absolute Gasteiger partial charge is 0.149 e. The van der Waals surface area contributed by atoms with Gasteiger partial charge in [0, 0.05) is 11.3 Å². The Kier molecular flexibility index (Phi) is 3.47. The van der Waals surface area contributed by atoms with Crippen molar-refractivity contribution in [3.8, 4) is 11.1 Å². The molecular weight excluding hydrogens is 248 g/mol. The molecule has 0 N–H and O–H groups in total. The number of rotatable bonds is 3. The molecule has 0 fully saturated rings. The van der Waals surface area contributed by atoms with Gasteiger partial charge in [-0.3, -0.25) is 0 Å². The molecule has 0 atom stereocenters. The number of aryl methyl sites for hydroxylation is 1. The Morgan fingerprint density at radius 1 is 0.789 bits per heavy atom. The van der Waals surface area contributed by atoms with Crippen molar-refractivity contribution < 1.29 is 0 Å². The van der Waals surface area contributed by atoms with Gasteiger partial charge in [-0.2, -0.15) is 0 Å². The van der Waals surface area contributed by atoms with Crippen molar-refractivity contribution in [3.05, 3.63) is 82.0 Å². The van der Waals surface area contributed by atoms with Gasteiger partial charge in [-0.25, -0.2) is 0 Å². The summed E-state index contributed by atoms with van der Waals surface area (Å²) in [6.45, 7) is 2.18. The van der Waals surface area contributed by atoms with E-state index in [2.05, 4.69) is 73.0 Å². The Morgan fingerprint density at radius 3 is 2.26 bits per heavy atom. The Hall–Kier alpha value is -1.86. The molecule has 0 saturated carbocycles. The molecule has 0 amide bonds. The molecule has 1 heterocycles. The average molecular weight is 264 g/mol. The predicted octanol–water partition coefficient (Wildman–Crippen LogP) is 5.31. The average Bonchev–Trinajstić information content (AvgIpc) is 2.93. The lowest BCUT2D eigenvalue weighted by molar-refractivity contribution is 1.24. The van der Waals surface area contributed by atoms with Gasteiger partial charge in [0.15, 0.2) is 0 Å². The fourth-order valence-electron chi connectivity index (χ4n) is 2.41. The Labute approximate surface area is 118 Å². The van der Waals surface area contributed by atoms with Crippen LogP contribution in [0.15, 0.2) is 66.0 Å². The monoisotopic (exact) mass is 264 g/mol. The van der Waals surface area contributed by atoms with Crippen LogP contribution >= 0.6 is 11.3 Å². The molecule has 0 saturated heterocycles. The third-order valence-electron chi connectivity index (χ3n) is 3.40. The molecule has 1 heteroatoms. The number of hydrogen-bond acceptors (Lipinski definition) is 1. The summed E-state index contributed by atoms with van der Waals surface area (Å²) < 4.78 is 0. The number of hydrogen-bond donors (Lipinski definition) is 0. The van der Waals surface area contributed by atoms with E-state index in [0.29, 0.717) is 0 Å². The summed E-state index contributed by atoms with van der Waals surface area (Å²) in [6.07, 6.45) is 1.02. The second kappa shape index (κ2) is 5.41. The molecule has 1 aromatic heterocycles. The summed E-state index contributed by atoms with van der Waals surface area (Å²) in [5.41, 5.74) is 5.43. The fourth-order valence-corrected chi connectivity index (χ4v) is 3.14. The lowest BCUT2D eigenvalue weighted by atomic mass is 9.94. The van der Waals surface area contributed by atoms with Crippen LogP contribution in [0.4, 0.5) is 0 Å². The molecule has 0 bridgehead atoms. The molecule has 0 unspecified atom stereocenters. The van der Waals surface area contributed by atoms with E-state index < -0.39 is 0 Å². The first kappa shape index (κ1) is 12.2. The lowest BCUT2D eigenvalue weighted by Crippen LogP contribution is -1.91. The van der Waals surface area contributed by atoms with Crippen molar-refractivity contribution in [1.29, 1.82) is 0 Å². The molecule has 0 aliphatic rings. The third-order valence-corrected chi connectivity index (χ3v) is 4.27. The molecular formula is C18H16S. The van der Waals surface area contributed by atoms with Crippen molar-refractivity contribution >= 4 is 11.3 Å². The van der Waals surface area contributed by atoms with E-state index in [1.165, 1.54) is 27.1 Å². The molecule has 3 rings (SSSR count). The van der Waals surface area contributed by atoms with Crippen LogP contribution in [0.2, 0.25) is 0 Å². The summed E-state index contributed by atoms with van der Waals surface area (Å²) >= 11 is 1.83. The normalized spacial score (nSPS) is 10.6. The topological polar surface area (TPSA) is 0 Å². The van der Waals surface area contributed by atoms with E-state index in [4.69, 9.17) is 0 Å². The van der Waals surface area contributed by atoms with Crippen LogP contribution in [0.3, 0.4) is 0 Å². The molecule has 19 heavy (non-hydrogen) atoms. The molecule has 94 valence electrons. The summed E-state index contributed by atoms with van der Waals surface area (Å²) in [5, 5.41) is 2.14. The minimum atomic E-state index is 1.02. The molecule has 0 spiro atoms. The SMILES string of the molecule is Cc1ccccc1-c1ccccc1Cc1cccs1. The second-order valence-corrected chi connectivity index (χ2v) is 5.76. The fraction of sp³-hybridized carbons (Fsp3) is 0.111. The highest BCUT2D eigenvalue weighted by Crippen LogP contribution is 2.29. The smallest absolute Gasteiger partial charge is 0.00892 e. The van der Waals surface area contributed by atoms with Gasteiger partial charge in [0.1, 0.15) is 0 Å². The zero-order valence-electron chi connectivity index (χ0n) is 11.0. The van der Waals surface area contributed by atoms with Gasteiger partial charge in [-0.15, -0.1) is 11.3 Å². The zero-order chi connectivity index (χ0) is 13.1. The minimum Gasteiger partial charge on any atom is -0.149 e. The molecule has 2 aromatic carbocycles. The predicted molar refractivity (Wildman–Crippen MR) is 83.7 cm³/mol. The Balaban J connectivity index is 2.05. The quantitative estimate of drug-likeness (QED) is 0.601. The van der Waals surface area contributed by atoms with Gasteiger partial charge in [-0.1, -0.05) is 54.6 Å². The summed E-state index contributed by atoms with van der Waals surface area (Å²) in [7, 11) is 0. The highest BCUT2D eigenvalue weighted by Gasteiger charge is 2.07. The highest BCUT2D eigenvalue weighted by atomic mass is 32.1. The maximum atomic E-state index is 2.24. The van der Waals surface area contributed by atoms with Crippen LogP contribution in [-0.2, 0) is 6.42 Å². The van der Waals surface area contributed by atoms with E-state index in [1.54, 1.807) is 0 Å². The van der Waals surface area contributed by atoms with Gasteiger partial charge >= 0.3 is 0 Å². The molecule has 0 aliphatic heterocycles. The van der Waals surface area contributed by atoms with E-state index in [1.807, 2.05) is 11.3 Å². The van der Waals surface area contributed by atoms with E-state index in [-0.39, 0.29) is 0 Å². The molecule has 0 aliphatic carbocycles. The van der Waals surface area contributed by atoms with Crippen LogP contribution in [0, 0.1) is 6.92 Å². The van der Waals surface area contributed by atoms with Crippen LogP contribution in [0.25, 0.3) is 11.1 Å². The zero-order valence-corrected chi connectivity index (χ0v) is 11.8. The van der Waals surface area contributed by atoms with Crippen molar-refractivity contribution in [2.24, 2.45) is 0 Å². The van der Waals surface area contributed by atoms with Gasteiger partial charge < -0.3 is 0 Å². The number of benzene rings is 2. The standard InChI is InChI=1S/C18H16S/c1-14-7-2-4-10-17(14)18-11-5-3-8-15(18)13-16-9-6-12-19-16/h2-12H,13H2,1H3. The number of thiophene rings is 1. The van der Waals surface area contributed by atoms with Crippen molar-refractivity contribution in [3.63, 3.8) is 0 Å². The van der Waals surface area contributed by atoms with Gasteiger partial charge in [-0.05, 0) is 40.6 Å². The lowest BCUT2D eigenvalue weighted by Gasteiger charge is -2.11. The maximum Gasteiger partial charge on any atom is 0.00892 e. The first-order chi connectivity index (χ1) is 9.34. The first-order valence-electron chi connectivity index (χ1n) is 6.51. The maximum absolute atomic E-state index is 2.24. The summed E-state index contributed by atoms with van der Waals surface area (Å²) in [5.74, 6) is 0. The second-order valence-electron chi connectivity index (χ2n) is 4.73. The van der Waals surface area contributed by atoms with Gasteiger partial charge in [0.05, 0.1) is 0 Å². The summed E-state index contributed by atoms with van der Waals surface area (Å²) in [4.78, 5) is 1.42. The molecule has 0 nitrogen and oxygen atoms in total. The molecule has 0 radical (unpaired) electrons. The summed E-state index contributed by atoms with van der Waals surface area (Å²) in [6, 6.07) is 21.7. The van der Waals surface area contributed by atoms with Crippen molar-refractivity contribution in [2.45, 2.75) is 13.3 Å². The Morgan fingerprint density at radius 2 is 1.53 bits per heavy atom. The first-order valence-corrected chi connectivity index (χ1v) is 7.39. The highest BCUT2D eigenvalue weighted by molar-refractivity contribution is 7.09. The van der Waals surface area contributed by atoms with E-state index >= 15 is 0 Å². The van der Waals surface area contributed by atoms with Crippen LogP contribution in [0.5, 0.6) is 0 Å². The van der Waals surface area contributed by atoms with E-state index in [9.17, 15) is 0 Å². The minimum absolute atomic E-state index is 1.02. The van der Waals surface area contributed by atoms with Crippen molar-refractivity contribution in [1.82, 2.24) is 0 Å². The van der Waals surface area contributed by atoms with Crippen LogP contribution < -0.4 is 0 Å². The van der Waals surface area contributed by atoms with Gasteiger partial charge in [0.2, 0.25) is 0 Å². The van der Waals surface area contributed by atoms with Crippen LogP contribution in [-0.4, -0.2) is 0 Å². The molecule has 3 aromatic rings. The van der Waals surface area contributed by atoms with Crippen molar-refractivity contribution in [2.75, 3.05) is 0 Å². The third kappa shape index (κ3) is 2.61. The van der Waals surface area contributed by atoms with Gasteiger partial charge in [0.25, 0.3) is 0 Å².